The first-order chi connectivity index (χ1) is 10.2. The Kier molecular flexibility index (Phi) is 3.62. The summed E-state index contributed by atoms with van der Waals surface area (Å²) >= 11 is 0. The third-order valence-corrected chi connectivity index (χ3v) is 3.77. The van der Waals surface area contributed by atoms with E-state index >= 15 is 0 Å². The number of para-hydroxylation sites is 2. The summed E-state index contributed by atoms with van der Waals surface area (Å²) in [6, 6.07) is 8.92. The fourth-order valence-corrected chi connectivity index (χ4v) is 2.36. The molecule has 0 atom stereocenters. The van der Waals surface area contributed by atoms with Gasteiger partial charge in [-0.1, -0.05) is 12.1 Å². The van der Waals surface area contributed by atoms with Crippen LogP contribution in [0.15, 0.2) is 42.7 Å². The first-order valence-corrected chi connectivity index (χ1v) is 7.03. The Morgan fingerprint density at radius 3 is 2.81 bits per heavy atom. The van der Waals surface area contributed by atoms with E-state index in [0.717, 1.165) is 24.9 Å². The summed E-state index contributed by atoms with van der Waals surface area (Å²) in [6.07, 6.45) is 6.01. The van der Waals surface area contributed by atoms with Crippen molar-refractivity contribution in [1.29, 1.82) is 0 Å². The van der Waals surface area contributed by atoms with E-state index in [2.05, 4.69) is 15.7 Å². The number of nitrogens with one attached hydrogen (secondary N) is 2. The fraction of sp³-hybridized carbons (Fsp3) is 0.333. The van der Waals surface area contributed by atoms with Crippen LogP contribution in [0.2, 0.25) is 0 Å². The molecule has 0 unspecified atom stereocenters. The quantitative estimate of drug-likeness (QED) is 0.803. The molecule has 21 heavy (non-hydrogen) atoms. The van der Waals surface area contributed by atoms with Crippen molar-refractivity contribution in [3.63, 3.8) is 0 Å². The maximum atomic E-state index is 12.0. The van der Waals surface area contributed by atoms with Crippen LogP contribution in [0.1, 0.15) is 19.3 Å². The minimum Gasteiger partial charge on any atom is -0.388 e. The van der Waals surface area contributed by atoms with Crippen molar-refractivity contribution in [1.82, 2.24) is 15.1 Å². The van der Waals surface area contributed by atoms with Gasteiger partial charge in [0.1, 0.15) is 0 Å². The summed E-state index contributed by atoms with van der Waals surface area (Å²) in [5.41, 5.74) is 0.734. The number of urea groups is 1. The normalized spacial score (nSPS) is 16.0. The third-order valence-electron chi connectivity index (χ3n) is 3.77. The van der Waals surface area contributed by atoms with Gasteiger partial charge in [0.05, 0.1) is 17.0 Å². The minimum atomic E-state index is -0.723. The van der Waals surface area contributed by atoms with Crippen LogP contribution in [0.25, 0.3) is 5.69 Å². The molecule has 6 heteroatoms. The maximum Gasteiger partial charge on any atom is 0.319 e. The smallest absolute Gasteiger partial charge is 0.319 e. The molecule has 1 aliphatic carbocycles. The average molecular weight is 286 g/mol. The van der Waals surface area contributed by atoms with Crippen molar-refractivity contribution in [2.75, 3.05) is 11.9 Å². The summed E-state index contributed by atoms with van der Waals surface area (Å²) in [6.45, 7) is 0.281. The number of carbonyl (C=O) groups excluding carboxylic acids is 1. The van der Waals surface area contributed by atoms with Crippen LogP contribution in [-0.4, -0.2) is 33.1 Å². The van der Waals surface area contributed by atoms with E-state index in [-0.39, 0.29) is 12.6 Å². The molecule has 0 bridgehead atoms. The van der Waals surface area contributed by atoms with E-state index in [1.165, 1.54) is 0 Å². The van der Waals surface area contributed by atoms with Gasteiger partial charge >= 0.3 is 6.03 Å². The van der Waals surface area contributed by atoms with E-state index in [1.54, 1.807) is 10.9 Å². The Bertz CT molecular complexity index is 620. The molecule has 3 rings (SSSR count). The molecule has 1 saturated carbocycles. The number of anilines is 1. The van der Waals surface area contributed by atoms with Gasteiger partial charge in [-0.2, -0.15) is 5.10 Å². The highest BCUT2D eigenvalue weighted by atomic mass is 16.3. The number of carbonyl (C=O) groups is 1. The lowest BCUT2D eigenvalue weighted by molar-refractivity contribution is -0.0287. The first-order valence-electron chi connectivity index (χ1n) is 7.03. The number of hydrogen-bond acceptors (Lipinski definition) is 3. The molecule has 1 fully saturated rings. The van der Waals surface area contributed by atoms with Crippen LogP contribution in [0, 0.1) is 0 Å². The van der Waals surface area contributed by atoms with E-state index in [9.17, 15) is 9.90 Å². The van der Waals surface area contributed by atoms with E-state index in [4.69, 9.17) is 0 Å². The zero-order chi connectivity index (χ0) is 14.7. The van der Waals surface area contributed by atoms with Crippen LogP contribution in [0.3, 0.4) is 0 Å². The second-order valence-corrected chi connectivity index (χ2v) is 5.35. The average Bonchev–Trinajstić information content (AvgIpc) is 2.98. The molecule has 1 aromatic carbocycles. The zero-order valence-electron chi connectivity index (χ0n) is 11.6. The monoisotopic (exact) mass is 286 g/mol. The number of amides is 2. The van der Waals surface area contributed by atoms with Crippen molar-refractivity contribution >= 4 is 11.7 Å². The highest BCUT2D eigenvalue weighted by Crippen LogP contribution is 2.30. The van der Waals surface area contributed by atoms with Crippen molar-refractivity contribution in [3.8, 4) is 5.69 Å². The van der Waals surface area contributed by atoms with Crippen molar-refractivity contribution in [2.24, 2.45) is 0 Å². The molecule has 1 aromatic heterocycles. The summed E-state index contributed by atoms with van der Waals surface area (Å²) in [5.74, 6) is 0. The predicted molar refractivity (Wildman–Crippen MR) is 79.4 cm³/mol. The standard InChI is InChI=1S/C15H18N4O2/c20-14(16-11-15(21)7-3-8-15)18-12-5-1-2-6-13(12)19-10-4-9-17-19/h1-2,4-6,9-10,21H,3,7-8,11H2,(H2,16,18,20). The van der Waals surface area contributed by atoms with E-state index in [1.807, 2.05) is 36.5 Å². The lowest BCUT2D eigenvalue weighted by Crippen LogP contribution is -2.48. The van der Waals surface area contributed by atoms with Crippen molar-refractivity contribution in [2.45, 2.75) is 24.9 Å². The largest absolute Gasteiger partial charge is 0.388 e. The maximum absolute atomic E-state index is 12.0. The number of benzene rings is 1. The highest BCUT2D eigenvalue weighted by Gasteiger charge is 2.34. The molecule has 0 radical (unpaired) electrons. The SMILES string of the molecule is O=C(NCC1(O)CCC1)Nc1ccccc1-n1cccn1. The van der Waals surface area contributed by atoms with Gasteiger partial charge < -0.3 is 15.7 Å². The number of nitrogens with zero attached hydrogens (tertiary/aromatic N) is 2. The molecule has 110 valence electrons. The van der Waals surface area contributed by atoms with Gasteiger partial charge in [-0.3, -0.25) is 0 Å². The Morgan fingerprint density at radius 1 is 1.33 bits per heavy atom. The second kappa shape index (κ2) is 5.57. The fourth-order valence-electron chi connectivity index (χ4n) is 2.36. The molecule has 0 aliphatic heterocycles. The highest BCUT2D eigenvalue weighted by molar-refractivity contribution is 5.91. The number of hydrogen-bond donors (Lipinski definition) is 3. The summed E-state index contributed by atoms with van der Waals surface area (Å²) < 4.78 is 1.69. The molecule has 0 spiro atoms. The Morgan fingerprint density at radius 2 is 2.14 bits per heavy atom. The summed E-state index contributed by atoms with van der Waals surface area (Å²) in [7, 11) is 0. The lowest BCUT2D eigenvalue weighted by Gasteiger charge is -2.36. The van der Waals surface area contributed by atoms with Gasteiger partial charge in [0.2, 0.25) is 0 Å². The Labute approximate surface area is 122 Å². The third kappa shape index (κ3) is 3.05. The van der Waals surface area contributed by atoms with Gasteiger partial charge in [0, 0.05) is 18.9 Å². The van der Waals surface area contributed by atoms with Crippen LogP contribution in [-0.2, 0) is 0 Å². The molecular weight excluding hydrogens is 268 g/mol. The topological polar surface area (TPSA) is 79.2 Å². The molecule has 1 heterocycles. The van der Waals surface area contributed by atoms with Gasteiger partial charge in [-0.15, -0.1) is 0 Å². The van der Waals surface area contributed by atoms with Gasteiger partial charge in [0.25, 0.3) is 0 Å². The zero-order valence-corrected chi connectivity index (χ0v) is 11.6. The minimum absolute atomic E-state index is 0.281. The Balaban J connectivity index is 1.66. The molecule has 2 aromatic rings. The van der Waals surface area contributed by atoms with Gasteiger partial charge in [-0.25, -0.2) is 9.48 Å². The van der Waals surface area contributed by atoms with Crippen LogP contribution < -0.4 is 10.6 Å². The van der Waals surface area contributed by atoms with Crippen molar-refractivity contribution in [3.05, 3.63) is 42.7 Å². The van der Waals surface area contributed by atoms with E-state index < -0.39 is 5.60 Å². The first kappa shape index (κ1) is 13.6. The van der Waals surface area contributed by atoms with Crippen molar-refractivity contribution < 1.29 is 9.90 Å². The summed E-state index contributed by atoms with van der Waals surface area (Å²) in [4.78, 5) is 12.0. The number of aromatic nitrogens is 2. The van der Waals surface area contributed by atoms with Crippen LogP contribution in [0.4, 0.5) is 10.5 Å². The number of rotatable bonds is 4. The molecule has 6 nitrogen and oxygen atoms in total. The second-order valence-electron chi connectivity index (χ2n) is 5.35. The molecule has 0 saturated heterocycles. The molecular formula is C15H18N4O2. The van der Waals surface area contributed by atoms with Gasteiger partial charge in [-0.05, 0) is 37.5 Å². The summed E-state index contributed by atoms with van der Waals surface area (Å²) in [5, 5.41) is 19.7. The predicted octanol–water partition coefficient (Wildman–Crippen LogP) is 1.91. The van der Waals surface area contributed by atoms with Gasteiger partial charge in [0.15, 0.2) is 0 Å². The van der Waals surface area contributed by atoms with Crippen LogP contribution in [0.5, 0.6) is 0 Å². The van der Waals surface area contributed by atoms with E-state index in [0.29, 0.717) is 5.69 Å². The molecule has 3 N–H and O–H groups in total. The number of aliphatic hydroxyl groups is 1. The molecule has 2 amide bonds. The lowest BCUT2D eigenvalue weighted by atomic mass is 9.80. The molecule has 1 aliphatic rings. The van der Waals surface area contributed by atoms with Crippen LogP contribution >= 0.6 is 0 Å². The Hall–Kier alpha value is -2.34.